The van der Waals surface area contributed by atoms with Gasteiger partial charge >= 0.3 is 0 Å². The predicted octanol–water partition coefficient (Wildman–Crippen LogP) is 1.93. The van der Waals surface area contributed by atoms with Crippen molar-refractivity contribution in [2.75, 3.05) is 18.9 Å². The van der Waals surface area contributed by atoms with Crippen LogP contribution in [0.5, 0.6) is 0 Å². The zero-order valence-corrected chi connectivity index (χ0v) is 20.1. The Morgan fingerprint density at radius 3 is 2.47 bits per heavy atom. The van der Waals surface area contributed by atoms with Crippen molar-refractivity contribution >= 4 is 40.0 Å². The van der Waals surface area contributed by atoms with Crippen LogP contribution in [0, 0.1) is 5.41 Å². The molecule has 9 nitrogen and oxygen atoms in total. The molecule has 0 saturated carbocycles. The summed E-state index contributed by atoms with van der Waals surface area (Å²) >= 11 is 6.20. The normalized spacial score (nSPS) is 13.5. The summed E-state index contributed by atoms with van der Waals surface area (Å²) in [5, 5.41) is 29.4. The smallest absolute Gasteiger partial charge is 0.273 e. The second-order valence-corrected chi connectivity index (χ2v) is 9.70. The number of nitrogens with two attached hydrogens (primary N) is 1. The molecule has 3 rings (SSSR count). The first kappa shape index (κ1) is 25.5. The van der Waals surface area contributed by atoms with Crippen molar-refractivity contribution in [2.24, 2.45) is 5.41 Å². The number of nitrogens with zero attached hydrogens (tertiary/aromatic N) is 2. The Morgan fingerprint density at radius 2 is 1.85 bits per heavy atom. The van der Waals surface area contributed by atoms with Gasteiger partial charge in [-0.15, -0.1) is 0 Å². The maximum Gasteiger partial charge on any atom is 0.273 e. The molecular formula is C24H30ClN5O4. The molecule has 182 valence electrons. The number of anilines is 1. The third-order valence-electron chi connectivity index (χ3n) is 5.37. The Labute approximate surface area is 202 Å². The van der Waals surface area contributed by atoms with E-state index in [1.165, 1.54) is 0 Å². The van der Waals surface area contributed by atoms with E-state index in [1.807, 2.05) is 32.9 Å². The number of aliphatic hydroxyl groups is 2. The van der Waals surface area contributed by atoms with E-state index < -0.39 is 36.0 Å². The van der Waals surface area contributed by atoms with E-state index in [2.05, 4.69) is 15.7 Å². The van der Waals surface area contributed by atoms with Crippen LogP contribution in [0.25, 0.3) is 10.9 Å². The van der Waals surface area contributed by atoms with Gasteiger partial charge in [0.2, 0.25) is 5.91 Å². The summed E-state index contributed by atoms with van der Waals surface area (Å²) in [5.41, 5.74) is 7.60. The van der Waals surface area contributed by atoms with Crippen LogP contribution in [-0.4, -0.2) is 57.1 Å². The van der Waals surface area contributed by atoms with E-state index in [-0.39, 0.29) is 12.2 Å². The predicted molar refractivity (Wildman–Crippen MR) is 132 cm³/mol. The summed E-state index contributed by atoms with van der Waals surface area (Å²) in [4.78, 5) is 26.1. The SMILES string of the molecule is CC(C)(C)C(NC(=O)c1nn(Cc2ccc(N)cc2)c2ccc(Cl)cc12)C(=O)NC[C@@H](O)CO. The van der Waals surface area contributed by atoms with E-state index in [1.54, 1.807) is 35.0 Å². The highest BCUT2D eigenvalue weighted by atomic mass is 35.5. The Hall–Kier alpha value is -3.14. The van der Waals surface area contributed by atoms with Crippen LogP contribution in [0.4, 0.5) is 5.69 Å². The second-order valence-electron chi connectivity index (χ2n) is 9.26. The van der Waals surface area contributed by atoms with Gasteiger partial charge in [0.1, 0.15) is 6.04 Å². The second kappa shape index (κ2) is 10.4. The average Bonchev–Trinajstić information content (AvgIpc) is 3.13. The van der Waals surface area contributed by atoms with Gasteiger partial charge < -0.3 is 26.6 Å². The largest absolute Gasteiger partial charge is 0.399 e. The Bertz CT molecular complexity index is 1170. The van der Waals surface area contributed by atoms with Gasteiger partial charge in [0, 0.05) is 22.6 Å². The fourth-order valence-electron chi connectivity index (χ4n) is 3.50. The van der Waals surface area contributed by atoms with Crippen molar-refractivity contribution in [3.8, 4) is 0 Å². The van der Waals surface area contributed by atoms with Gasteiger partial charge in [-0.05, 0) is 41.3 Å². The number of amides is 2. The monoisotopic (exact) mass is 487 g/mol. The molecule has 3 aromatic rings. The van der Waals surface area contributed by atoms with Crippen LogP contribution in [0.1, 0.15) is 36.8 Å². The van der Waals surface area contributed by atoms with Crippen LogP contribution < -0.4 is 16.4 Å². The molecule has 2 aromatic carbocycles. The molecule has 0 saturated heterocycles. The third-order valence-corrected chi connectivity index (χ3v) is 5.60. The molecule has 0 aliphatic rings. The van der Waals surface area contributed by atoms with Gasteiger partial charge in [-0.3, -0.25) is 14.3 Å². The Balaban J connectivity index is 1.91. The van der Waals surface area contributed by atoms with Crippen LogP contribution in [0.15, 0.2) is 42.5 Å². The van der Waals surface area contributed by atoms with Crippen LogP contribution in [-0.2, 0) is 11.3 Å². The highest BCUT2D eigenvalue weighted by molar-refractivity contribution is 6.31. The molecule has 34 heavy (non-hydrogen) atoms. The molecule has 10 heteroatoms. The number of halogens is 1. The molecule has 1 unspecified atom stereocenters. The van der Waals surface area contributed by atoms with E-state index >= 15 is 0 Å². The lowest BCUT2D eigenvalue weighted by atomic mass is 9.86. The summed E-state index contributed by atoms with van der Waals surface area (Å²) in [6.07, 6.45) is -1.09. The molecule has 0 aliphatic heterocycles. The molecular weight excluding hydrogens is 458 g/mol. The number of hydrogen-bond acceptors (Lipinski definition) is 6. The zero-order valence-electron chi connectivity index (χ0n) is 19.4. The van der Waals surface area contributed by atoms with E-state index in [9.17, 15) is 14.7 Å². The van der Waals surface area contributed by atoms with E-state index in [0.29, 0.717) is 28.2 Å². The van der Waals surface area contributed by atoms with Crippen molar-refractivity contribution in [3.63, 3.8) is 0 Å². The van der Waals surface area contributed by atoms with Gasteiger partial charge in [-0.2, -0.15) is 5.10 Å². The van der Waals surface area contributed by atoms with Gasteiger partial charge in [0.05, 0.1) is 24.8 Å². The fraction of sp³-hybridized carbons (Fsp3) is 0.375. The van der Waals surface area contributed by atoms with Crippen molar-refractivity contribution in [1.29, 1.82) is 0 Å². The average molecular weight is 488 g/mol. The first-order chi connectivity index (χ1) is 16.0. The fourth-order valence-corrected chi connectivity index (χ4v) is 3.67. The molecule has 0 radical (unpaired) electrons. The Morgan fingerprint density at radius 1 is 1.18 bits per heavy atom. The lowest BCUT2D eigenvalue weighted by molar-refractivity contribution is -0.125. The summed E-state index contributed by atoms with van der Waals surface area (Å²) in [6.45, 7) is 5.24. The number of rotatable bonds is 8. The first-order valence-corrected chi connectivity index (χ1v) is 11.3. The van der Waals surface area contributed by atoms with Crippen LogP contribution in [0.2, 0.25) is 5.02 Å². The van der Waals surface area contributed by atoms with Gasteiger partial charge in [0.25, 0.3) is 5.91 Å². The molecule has 0 bridgehead atoms. The number of fused-ring (bicyclic) bond motifs is 1. The minimum atomic E-state index is -1.09. The lowest BCUT2D eigenvalue weighted by Crippen LogP contribution is -2.54. The first-order valence-electron chi connectivity index (χ1n) is 10.9. The minimum absolute atomic E-state index is 0.132. The number of carbonyl (C=O) groups excluding carboxylic acids is 2. The summed E-state index contributed by atoms with van der Waals surface area (Å²) in [7, 11) is 0. The van der Waals surface area contributed by atoms with Crippen molar-refractivity contribution in [1.82, 2.24) is 20.4 Å². The zero-order chi connectivity index (χ0) is 25.0. The number of aromatic nitrogens is 2. The van der Waals surface area contributed by atoms with Crippen LogP contribution >= 0.6 is 11.6 Å². The number of nitrogen functional groups attached to an aromatic ring is 1. The topological polar surface area (TPSA) is 142 Å². The molecule has 1 aromatic heterocycles. The Kier molecular flexibility index (Phi) is 7.81. The van der Waals surface area contributed by atoms with E-state index in [0.717, 1.165) is 5.56 Å². The quantitative estimate of drug-likeness (QED) is 0.307. The summed E-state index contributed by atoms with van der Waals surface area (Å²) in [6, 6.07) is 11.6. The van der Waals surface area contributed by atoms with E-state index in [4.69, 9.17) is 22.4 Å². The molecule has 2 amide bonds. The van der Waals surface area contributed by atoms with Gasteiger partial charge in [-0.25, -0.2) is 0 Å². The maximum atomic E-state index is 13.3. The molecule has 0 fully saturated rings. The molecule has 6 N–H and O–H groups in total. The standard InChI is InChI=1S/C24H30ClN5O4/c1-24(2,3)21(23(34)27-11-17(32)13-31)28-22(33)20-18-10-15(25)6-9-19(18)30(29-20)12-14-4-7-16(26)8-5-14/h4-10,17,21,31-32H,11-13,26H2,1-3H3,(H,27,34)(H,28,33)/t17-,21?/m1/s1. The maximum absolute atomic E-state index is 13.3. The highest BCUT2D eigenvalue weighted by Crippen LogP contribution is 2.25. The number of aliphatic hydroxyl groups excluding tert-OH is 2. The van der Waals surface area contributed by atoms with Gasteiger partial charge in [0.15, 0.2) is 5.69 Å². The van der Waals surface area contributed by atoms with Crippen molar-refractivity contribution in [2.45, 2.75) is 39.5 Å². The number of carbonyl (C=O) groups is 2. The highest BCUT2D eigenvalue weighted by Gasteiger charge is 2.34. The van der Waals surface area contributed by atoms with Gasteiger partial charge in [-0.1, -0.05) is 44.5 Å². The number of nitrogens with one attached hydrogen (secondary N) is 2. The molecule has 1 heterocycles. The minimum Gasteiger partial charge on any atom is -0.399 e. The molecule has 2 atom stereocenters. The number of benzene rings is 2. The molecule has 0 spiro atoms. The molecule has 0 aliphatic carbocycles. The van der Waals surface area contributed by atoms with Crippen molar-refractivity contribution in [3.05, 3.63) is 58.7 Å². The van der Waals surface area contributed by atoms with Crippen LogP contribution in [0.3, 0.4) is 0 Å². The number of hydrogen-bond donors (Lipinski definition) is 5. The summed E-state index contributed by atoms with van der Waals surface area (Å²) < 4.78 is 1.70. The lowest BCUT2D eigenvalue weighted by Gasteiger charge is -2.30. The third kappa shape index (κ3) is 6.05. The summed E-state index contributed by atoms with van der Waals surface area (Å²) in [5.74, 6) is -1.00. The van der Waals surface area contributed by atoms with Crippen molar-refractivity contribution < 1.29 is 19.8 Å².